The van der Waals surface area contributed by atoms with Crippen LogP contribution in [0.15, 0.2) is 24.4 Å². The van der Waals surface area contributed by atoms with Crippen LogP contribution < -0.4 is 15.5 Å². The fourth-order valence-electron chi connectivity index (χ4n) is 3.16. The van der Waals surface area contributed by atoms with Gasteiger partial charge in [0.2, 0.25) is 21.9 Å². The number of nitrogens with zero attached hydrogens (tertiary/aromatic N) is 4. The van der Waals surface area contributed by atoms with E-state index in [4.69, 9.17) is 0 Å². The second kappa shape index (κ2) is 9.69. The van der Waals surface area contributed by atoms with Crippen LogP contribution in [0, 0.1) is 5.82 Å². The zero-order valence-electron chi connectivity index (χ0n) is 17.5. The SMILES string of the molecule is CCS(=O)(=O)N(C)CCCN(c1nc(Nc2ccc3c(c2)NC(=O)C3)ncc1F)C(F)F. The maximum Gasteiger partial charge on any atom is 0.316 e. The second-order valence-corrected chi connectivity index (χ2v) is 9.50. The van der Waals surface area contributed by atoms with Gasteiger partial charge in [-0.3, -0.25) is 9.69 Å². The summed E-state index contributed by atoms with van der Waals surface area (Å²) < 4.78 is 66.2. The van der Waals surface area contributed by atoms with E-state index in [2.05, 4.69) is 20.6 Å². The summed E-state index contributed by atoms with van der Waals surface area (Å²) in [6.45, 7) is -1.90. The van der Waals surface area contributed by atoms with Gasteiger partial charge in [0.15, 0.2) is 11.6 Å². The Bertz CT molecular complexity index is 1100. The molecule has 0 spiro atoms. The van der Waals surface area contributed by atoms with Crippen molar-refractivity contribution < 1.29 is 26.4 Å². The van der Waals surface area contributed by atoms with E-state index in [9.17, 15) is 26.4 Å². The minimum atomic E-state index is -3.45. The Balaban J connectivity index is 1.74. The Kier molecular flexibility index (Phi) is 7.19. The lowest BCUT2D eigenvalue weighted by Gasteiger charge is -2.24. The number of nitrogens with one attached hydrogen (secondary N) is 2. The van der Waals surface area contributed by atoms with Gasteiger partial charge < -0.3 is 10.6 Å². The quantitative estimate of drug-likeness (QED) is 0.512. The Labute approximate surface area is 183 Å². The number of sulfonamides is 1. The molecule has 174 valence electrons. The minimum absolute atomic E-state index is 0.00194. The molecular weight excluding hydrogens is 449 g/mol. The van der Waals surface area contributed by atoms with Gasteiger partial charge >= 0.3 is 6.55 Å². The van der Waals surface area contributed by atoms with E-state index in [0.717, 1.165) is 16.1 Å². The smallest absolute Gasteiger partial charge is 0.316 e. The Morgan fingerprint density at radius 1 is 1.28 bits per heavy atom. The van der Waals surface area contributed by atoms with Crippen LogP contribution in [0.3, 0.4) is 0 Å². The van der Waals surface area contributed by atoms with Crippen LogP contribution in [0.2, 0.25) is 0 Å². The number of rotatable bonds is 10. The number of hydrogen-bond acceptors (Lipinski definition) is 7. The molecule has 1 aliphatic heterocycles. The molecule has 1 aliphatic rings. The highest BCUT2D eigenvalue weighted by atomic mass is 32.2. The molecule has 0 saturated heterocycles. The van der Waals surface area contributed by atoms with Gasteiger partial charge in [0.05, 0.1) is 18.4 Å². The van der Waals surface area contributed by atoms with Crippen LogP contribution in [0.1, 0.15) is 18.9 Å². The first-order valence-electron chi connectivity index (χ1n) is 9.82. The van der Waals surface area contributed by atoms with Crippen LogP contribution in [0.25, 0.3) is 0 Å². The molecule has 1 aromatic heterocycles. The Morgan fingerprint density at radius 3 is 2.72 bits per heavy atom. The first-order valence-corrected chi connectivity index (χ1v) is 11.4. The normalized spacial score (nSPS) is 13.4. The Hall–Kier alpha value is -2.93. The number of carbonyl (C=O) groups excluding carboxylic acids is 1. The van der Waals surface area contributed by atoms with E-state index in [-0.39, 0.29) is 43.5 Å². The average Bonchev–Trinajstić information content (AvgIpc) is 3.11. The Morgan fingerprint density at radius 2 is 2.03 bits per heavy atom. The number of anilines is 4. The van der Waals surface area contributed by atoms with Crippen molar-refractivity contribution in [3.63, 3.8) is 0 Å². The van der Waals surface area contributed by atoms with Gasteiger partial charge in [-0.15, -0.1) is 0 Å². The maximum atomic E-state index is 14.3. The highest BCUT2D eigenvalue weighted by Crippen LogP contribution is 2.28. The van der Waals surface area contributed by atoms with E-state index in [1.165, 1.54) is 14.0 Å². The second-order valence-electron chi connectivity index (χ2n) is 7.13. The summed E-state index contributed by atoms with van der Waals surface area (Å²) in [6.07, 6.45) is 1.09. The van der Waals surface area contributed by atoms with E-state index in [1.54, 1.807) is 18.2 Å². The lowest BCUT2D eigenvalue weighted by atomic mass is 10.1. The van der Waals surface area contributed by atoms with Crippen molar-refractivity contribution in [2.45, 2.75) is 26.3 Å². The van der Waals surface area contributed by atoms with E-state index in [0.29, 0.717) is 16.3 Å². The van der Waals surface area contributed by atoms with Crippen molar-refractivity contribution in [2.24, 2.45) is 0 Å². The first-order chi connectivity index (χ1) is 15.1. The number of amides is 1. The summed E-state index contributed by atoms with van der Waals surface area (Å²) in [5.41, 5.74) is 1.92. The highest BCUT2D eigenvalue weighted by molar-refractivity contribution is 7.89. The van der Waals surface area contributed by atoms with Crippen molar-refractivity contribution in [2.75, 3.05) is 41.4 Å². The van der Waals surface area contributed by atoms with Gasteiger partial charge in [-0.25, -0.2) is 22.1 Å². The topological polar surface area (TPSA) is 108 Å². The molecule has 0 fully saturated rings. The van der Waals surface area contributed by atoms with Gasteiger partial charge in [-0.1, -0.05) is 6.07 Å². The largest absolute Gasteiger partial charge is 0.325 e. The molecule has 0 saturated carbocycles. The molecule has 3 rings (SSSR count). The number of hydrogen-bond donors (Lipinski definition) is 2. The zero-order valence-corrected chi connectivity index (χ0v) is 18.3. The van der Waals surface area contributed by atoms with Crippen LogP contribution in [-0.4, -0.2) is 61.0 Å². The highest BCUT2D eigenvalue weighted by Gasteiger charge is 2.24. The number of alkyl halides is 2. The number of carbonyl (C=O) groups is 1. The molecule has 0 atom stereocenters. The van der Waals surface area contributed by atoms with Crippen molar-refractivity contribution in [3.8, 4) is 0 Å². The summed E-state index contributed by atoms with van der Waals surface area (Å²) in [6, 6.07) is 5.04. The molecule has 2 aromatic rings. The van der Waals surface area contributed by atoms with Gasteiger partial charge in [0, 0.05) is 31.5 Å². The molecule has 2 N–H and O–H groups in total. The molecule has 1 amide bonds. The van der Waals surface area contributed by atoms with E-state index < -0.39 is 28.2 Å². The molecular formula is C19H23F3N6O3S. The molecule has 0 bridgehead atoms. The molecule has 2 heterocycles. The number of halogens is 3. The third kappa shape index (κ3) is 5.46. The fourth-order valence-corrected chi connectivity index (χ4v) is 4.01. The van der Waals surface area contributed by atoms with Gasteiger partial charge in [0.25, 0.3) is 0 Å². The number of fused-ring (bicyclic) bond motifs is 1. The van der Waals surface area contributed by atoms with Crippen molar-refractivity contribution in [3.05, 3.63) is 35.8 Å². The summed E-state index contributed by atoms with van der Waals surface area (Å²) in [7, 11) is -2.09. The third-order valence-corrected chi connectivity index (χ3v) is 6.80. The predicted molar refractivity (Wildman–Crippen MR) is 114 cm³/mol. The summed E-state index contributed by atoms with van der Waals surface area (Å²) in [4.78, 5) is 19.6. The molecule has 9 nitrogen and oxygen atoms in total. The lowest BCUT2D eigenvalue weighted by Crippen LogP contribution is -2.35. The molecule has 0 radical (unpaired) electrons. The zero-order chi connectivity index (χ0) is 23.5. The van der Waals surface area contributed by atoms with E-state index >= 15 is 0 Å². The van der Waals surface area contributed by atoms with Crippen LogP contribution in [0.5, 0.6) is 0 Å². The van der Waals surface area contributed by atoms with Crippen molar-refractivity contribution >= 4 is 39.1 Å². The average molecular weight is 472 g/mol. The van der Waals surface area contributed by atoms with Gasteiger partial charge in [-0.2, -0.15) is 13.8 Å². The lowest BCUT2D eigenvalue weighted by molar-refractivity contribution is -0.115. The number of benzene rings is 1. The molecule has 32 heavy (non-hydrogen) atoms. The first kappa shape index (κ1) is 23.7. The monoisotopic (exact) mass is 472 g/mol. The summed E-state index contributed by atoms with van der Waals surface area (Å²) >= 11 is 0. The standard InChI is InChI=1S/C19H23F3N6O3S/c1-3-32(30,31)27(2)7-4-8-28(18(21)22)17-14(20)11-23-19(26-17)24-13-6-5-12-9-16(29)25-15(12)10-13/h5-6,10-11,18H,3-4,7-9H2,1-2H3,(H,25,29)(H,23,24,26). The fraction of sp³-hybridized carbons (Fsp3) is 0.421. The summed E-state index contributed by atoms with van der Waals surface area (Å²) in [5, 5.41) is 5.50. The minimum Gasteiger partial charge on any atom is -0.325 e. The van der Waals surface area contributed by atoms with Gasteiger partial charge in [0.1, 0.15) is 0 Å². The van der Waals surface area contributed by atoms with Gasteiger partial charge in [-0.05, 0) is 31.0 Å². The predicted octanol–water partition coefficient (Wildman–Crippen LogP) is 2.55. The summed E-state index contributed by atoms with van der Waals surface area (Å²) in [5.74, 6) is -1.99. The van der Waals surface area contributed by atoms with Crippen molar-refractivity contribution in [1.29, 1.82) is 0 Å². The van der Waals surface area contributed by atoms with E-state index in [1.807, 2.05) is 0 Å². The molecule has 1 aromatic carbocycles. The maximum absolute atomic E-state index is 14.3. The molecule has 0 aliphatic carbocycles. The van der Waals surface area contributed by atoms with Crippen LogP contribution in [-0.2, 0) is 21.2 Å². The van der Waals surface area contributed by atoms with Crippen LogP contribution in [0.4, 0.5) is 36.3 Å². The number of aromatic nitrogens is 2. The molecule has 13 heteroatoms. The molecule has 0 unspecified atom stereocenters. The van der Waals surface area contributed by atoms with Crippen LogP contribution >= 0.6 is 0 Å². The third-order valence-electron chi connectivity index (χ3n) is 4.94. The van der Waals surface area contributed by atoms with Crippen molar-refractivity contribution in [1.82, 2.24) is 14.3 Å².